The number of hydrogen-bond acceptors (Lipinski definition) is 4. The van der Waals surface area contributed by atoms with Crippen LogP contribution in [0.4, 0.5) is 16.1 Å². The highest BCUT2D eigenvalue weighted by molar-refractivity contribution is 5.66. The lowest BCUT2D eigenvalue weighted by Gasteiger charge is -2.12. The van der Waals surface area contributed by atoms with Gasteiger partial charge in [0.2, 0.25) is 5.82 Å². The molecule has 0 N–H and O–H groups in total. The molecule has 1 aliphatic rings. The van der Waals surface area contributed by atoms with Crippen LogP contribution in [-0.4, -0.2) is 16.7 Å². The van der Waals surface area contributed by atoms with Crippen LogP contribution in [0.1, 0.15) is 5.56 Å². The zero-order valence-electron chi connectivity index (χ0n) is 11.2. The van der Waals surface area contributed by atoms with E-state index in [1.165, 1.54) is 11.6 Å². The first-order valence-electron chi connectivity index (χ1n) is 6.77. The molecule has 1 aromatic heterocycles. The molecule has 0 bridgehead atoms. The second-order valence-electron chi connectivity index (χ2n) is 4.91. The SMILES string of the molecule is Fc1ccccc1-c1noc(N2CCc3ccccc32)n1. The summed E-state index contributed by atoms with van der Waals surface area (Å²) in [5.41, 5.74) is 2.67. The summed E-state index contributed by atoms with van der Waals surface area (Å²) in [5.74, 6) is -0.0841. The van der Waals surface area contributed by atoms with Crippen molar-refractivity contribution in [3.63, 3.8) is 0 Å². The highest BCUT2D eigenvalue weighted by Crippen LogP contribution is 2.34. The number of aromatic nitrogens is 2. The Labute approximate surface area is 120 Å². The fourth-order valence-electron chi connectivity index (χ4n) is 2.61. The molecule has 0 unspecified atom stereocenters. The van der Waals surface area contributed by atoms with Crippen molar-refractivity contribution in [2.75, 3.05) is 11.4 Å². The Morgan fingerprint density at radius 1 is 1.05 bits per heavy atom. The van der Waals surface area contributed by atoms with Crippen molar-refractivity contribution in [2.45, 2.75) is 6.42 Å². The zero-order chi connectivity index (χ0) is 14.2. The van der Waals surface area contributed by atoms with Gasteiger partial charge < -0.3 is 4.52 Å². The monoisotopic (exact) mass is 281 g/mol. The number of halogens is 1. The van der Waals surface area contributed by atoms with Gasteiger partial charge >= 0.3 is 6.01 Å². The van der Waals surface area contributed by atoms with E-state index in [1.54, 1.807) is 18.2 Å². The Hall–Kier alpha value is -2.69. The van der Waals surface area contributed by atoms with E-state index in [2.05, 4.69) is 16.2 Å². The summed E-state index contributed by atoms with van der Waals surface area (Å²) in [6.45, 7) is 0.790. The van der Waals surface area contributed by atoms with Gasteiger partial charge in [-0.25, -0.2) is 4.39 Å². The predicted octanol–water partition coefficient (Wildman–Crippen LogP) is 3.57. The maximum Gasteiger partial charge on any atom is 0.328 e. The highest BCUT2D eigenvalue weighted by atomic mass is 19.1. The van der Waals surface area contributed by atoms with Gasteiger partial charge in [-0.15, -0.1) is 0 Å². The molecule has 0 aliphatic carbocycles. The minimum atomic E-state index is -0.355. The molecule has 2 heterocycles. The van der Waals surface area contributed by atoms with Crippen molar-refractivity contribution in [2.24, 2.45) is 0 Å². The molecule has 3 aromatic rings. The molecule has 0 radical (unpaired) electrons. The van der Waals surface area contributed by atoms with E-state index in [-0.39, 0.29) is 11.6 Å². The summed E-state index contributed by atoms with van der Waals surface area (Å²) in [4.78, 5) is 6.30. The van der Waals surface area contributed by atoms with E-state index >= 15 is 0 Å². The van der Waals surface area contributed by atoms with Gasteiger partial charge in [0.05, 0.1) is 5.56 Å². The van der Waals surface area contributed by atoms with Crippen molar-refractivity contribution in [3.8, 4) is 11.4 Å². The van der Waals surface area contributed by atoms with Gasteiger partial charge in [0, 0.05) is 12.2 Å². The number of fused-ring (bicyclic) bond motifs is 1. The lowest BCUT2D eigenvalue weighted by atomic mass is 10.2. The van der Waals surface area contributed by atoms with E-state index in [4.69, 9.17) is 4.52 Å². The van der Waals surface area contributed by atoms with E-state index in [1.807, 2.05) is 23.1 Å². The van der Waals surface area contributed by atoms with Crippen LogP contribution < -0.4 is 4.90 Å². The second-order valence-corrected chi connectivity index (χ2v) is 4.91. The van der Waals surface area contributed by atoms with Crippen LogP contribution in [0.25, 0.3) is 11.4 Å². The van der Waals surface area contributed by atoms with E-state index in [0.717, 1.165) is 18.7 Å². The second kappa shape index (κ2) is 4.70. The lowest BCUT2D eigenvalue weighted by molar-refractivity contribution is 0.423. The van der Waals surface area contributed by atoms with Gasteiger partial charge in [0.1, 0.15) is 5.82 Å². The van der Waals surface area contributed by atoms with Crippen LogP contribution in [0.3, 0.4) is 0 Å². The maximum atomic E-state index is 13.8. The molecule has 4 nitrogen and oxygen atoms in total. The van der Waals surface area contributed by atoms with E-state index in [0.29, 0.717) is 11.6 Å². The van der Waals surface area contributed by atoms with Crippen LogP contribution in [-0.2, 0) is 6.42 Å². The minimum absolute atomic E-state index is 0.271. The third-order valence-electron chi connectivity index (χ3n) is 3.65. The van der Waals surface area contributed by atoms with Crippen LogP contribution >= 0.6 is 0 Å². The Morgan fingerprint density at radius 2 is 1.86 bits per heavy atom. The van der Waals surface area contributed by atoms with Crippen LogP contribution in [0.2, 0.25) is 0 Å². The van der Waals surface area contributed by atoms with E-state index < -0.39 is 0 Å². The standard InChI is InChI=1S/C16H12FN3O/c17-13-7-3-2-6-12(13)15-18-16(21-19-15)20-10-9-11-5-1-4-8-14(11)20/h1-8H,9-10H2. The topological polar surface area (TPSA) is 42.2 Å². The third-order valence-corrected chi connectivity index (χ3v) is 3.65. The lowest BCUT2D eigenvalue weighted by Crippen LogP contribution is -2.13. The molecule has 0 amide bonds. The quantitative estimate of drug-likeness (QED) is 0.720. The Kier molecular flexibility index (Phi) is 2.70. The van der Waals surface area contributed by atoms with E-state index in [9.17, 15) is 4.39 Å². The zero-order valence-corrected chi connectivity index (χ0v) is 11.2. The fourth-order valence-corrected chi connectivity index (χ4v) is 2.61. The smallest absolute Gasteiger partial charge is 0.314 e. The predicted molar refractivity (Wildman–Crippen MR) is 76.8 cm³/mol. The number of para-hydroxylation sites is 1. The van der Waals surface area contributed by atoms with Gasteiger partial charge in [-0.1, -0.05) is 35.5 Å². The molecular formula is C16H12FN3O. The molecule has 104 valence electrons. The molecule has 1 aliphatic heterocycles. The molecule has 0 atom stereocenters. The van der Waals surface area contributed by atoms with Gasteiger partial charge in [-0.05, 0) is 30.2 Å². The van der Waals surface area contributed by atoms with Crippen molar-refractivity contribution in [1.29, 1.82) is 0 Å². The summed E-state index contributed by atoms with van der Waals surface area (Å²) in [7, 11) is 0. The van der Waals surface area contributed by atoms with Crippen molar-refractivity contribution < 1.29 is 8.91 Å². The molecular weight excluding hydrogens is 269 g/mol. The molecule has 0 spiro atoms. The molecule has 4 rings (SSSR count). The van der Waals surface area contributed by atoms with Crippen molar-refractivity contribution in [3.05, 3.63) is 59.9 Å². The molecule has 0 saturated heterocycles. The molecule has 21 heavy (non-hydrogen) atoms. The van der Waals surface area contributed by atoms with Crippen LogP contribution in [0.5, 0.6) is 0 Å². The Balaban J connectivity index is 1.72. The summed E-state index contributed by atoms with van der Waals surface area (Å²) in [6, 6.07) is 14.9. The summed E-state index contributed by atoms with van der Waals surface area (Å²) in [6.07, 6.45) is 0.938. The number of benzene rings is 2. The molecule has 5 heteroatoms. The van der Waals surface area contributed by atoms with Crippen molar-refractivity contribution >= 4 is 11.7 Å². The highest BCUT2D eigenvalue weighted by Gasteiger charge is 2.25. The Morgan fingerprint density at radius 3 is 2.76 bits per heavy atom. The fraction of sp³-hybridized carbons (Fsp3) is 0.125. The van der Waals surface area contributed by atoms with Crippen molar-refractivity contribution in [1.82, 2.24) is 10.1 Å². The van der Waals surface area contributed by atoms with Gasteiger partial charge in [-0.2, -0.15) is 4.98 Å². The van der Waals surface area contributed by atoms with Crippen LogP contribution in [0, 0.1) is 5.82 Å². The molecule has 0 fully saturated rings. The average molecular weight is 281 g/mol. The summed E-state index contributed by atoms with van der Waals surface area (Å²) in [5, 5.41) is 3.90. The maximum absolute atomic E-state index is 13.8. The minimum Gasteiger partial charge on any atom is -0.314 e. The van der Waals surface area contributed by atoms with Gasteiger partial charge in [0.25, 0.3) is 0 Å². The average Bonchev–Trinajstić information content (AvgIpc) is 3.14. The normalized spacial score (nSPS) is 13.5. The largest absolute Gasteiger partial charge is 0.328 e. The third kappa shape index (κ3) is 1.98. The number of hydrogen-bond donors (Lipinski definition) is 0. The molecule has 2 aromatic carbocycles. The molecule has 0 saturated carbocycles. The van der Waals surface area contributed by atoms with Crippen LogP contribution in [0.15, 0.2) is 53.1 Å². The first-order chi connectivity index (χ1) is 10.3. The summed E-state index contributed by atoms with van der Waals surface area (Å²) >= 11 is 0. The first kappa shape index (κ1) is 12.1. The van der Waals surface area contributed by atoms with Gasteiger partial charge in [0.15, 0.2) is 0 Å². The number of anilines is 2. The summed E-state index contributed by atoms with van der Waals surface area (Å²) < 4.78 is 19.1. The number of nitrogens with zero attached hydrogens (tertiary/aromatic N) is 3. The first-order valence-corrected chi connectivity index (χ1v) is 6.77. The van der Waals surface area contributed by atoms with Gasteiger partial charge in [-0.3, -0.25) is 4.90 Å². The number of rotatable bonds is 2. The Bertz CT molecular complexity index is 799.